The fourth-order valence-corrected chi connectivity index (χ4v) is 3.25. The molecule has 0 aromatic heterocycles. The fraction of sp³-hybridized carbons (Fsp3) is 0.500. The van der Waals surface area contributed by atoms with Crippen LogP contribution in [0.5, 0.6) is 0 Å². The van der Waals surface area contributed by atoms with Crippen LogP contribution in [0, 0.1) is 0 Å². The van der Waals surface area contributed by atoms with Crippen LogP contribution in [0.2, 0.25) is 0 Å². The Morgan fingerprint density at radius 1 is 1.23 bits per heavy atom. The smallest absolute Gasteiger partial charge is 0.255 e. The van der Waals surface area contributed by atoms with Crippen LogP contribution in [0.1, 0.15) is 0 Å². The molecular weight excluding hydrogens is 308 g/mol. The van der Waals surface area contributed by atoms with Crippen molar-refractivity contribution in [1.29, 1.82) is 0 Å². The monoisotopic (exact) mass is 309 g/mol. The molecule has 0 radical (unpaired) electrons. The van der Waals surface area contributed by atoms with Crippen molar-refractivity contribution in [2.45, 2.75) is 4.17 Å². The first-order chi connectivity index (χ1) is 5.59. The molecule has 13 heavy (non-hydrogen) atoms. The Hall–Kier alpha value is 1.05. The summed E-state index contributed by atoms with van der Waals surface area (Å²) in [5.74, 6) is 0. The van der Waals surface area contributed by atoms with Gasteiger partial charge in [-0.15, -0.1) is 4.13 Å². The Kier molecular flexibility index (Phi) is 5.09. The molecule has 0 aliphatic rings. The van der Waals surface area contributed by atoms with E-state index in [-0.39, 0.29) is 0 Å². The van der Waals surface area contributed by atoms with Crippen LogP contribution in [0.4, 0.5) is 0 Å². The van der Waals surface area contributed by atoms with Crippen LogP contribution in [-0.2, 0) is 20.0 Å². The third-order valence-electron chi connectivity index (χ3n) is 0.673. The number of nitrogens with one attached hydrogen (secondary N) is 1. The van der Waals surface area contributed by atoms with E-state index in [0.29, 0.717) is 0 Å². The number of alkyl halides is 2. The van der Waals surface area contributed by atoms with Crippen molar-refractivity contribution >= 4 is 70.2 Å². The van der Waals surface area contributed by atoms with Crippen LogP contribution >= 0.6 is 46.4 Å². The summed E-state index contributed by atoms with van der Waals surface area (Å²) in [6.45, 7) is 0. The summed E-state index contributed by atoms with van der Waals surface area (Å²) < 4.78 is 39.5. The average molecular weight is 311 g/mol. The van der Waals surface area contributed by atoms with Gasteiger partial charge in [-0.05, 0) is 0 Å². The maximum absolute atomic E-state index is 10.9. The predicted octanol–water partition coefficient (Wildman–Crippen LogP) is 0.904. The van der Waals surface area contributed by atoms with Crippen molar-refractivity contribution in [3.63, 3.8) is 0 Å². The van der Waals surface area contributed by atoms with E-state index in [0.717, 1.165) is 0 Å². The second-order valence-electron chi connectivity index (χ2n) is 1.64. The zero-order valence-electron chi connectivity index (χ0n) is 5.58. The van der Waals surface area contributed by atoms with Crippen LogP contribution < -0.4 is 4.13 Å². The van der Waals surface area contributed by atoms with Crippen molar-refractivity contribution in [3.05, 3.63) is 0 Å². The first kappa shape index (κ1) is 14.1. The summed E-state index contributed by atoms with van der Waals surface area (Å²) in [6, 6.07) is 0. The Balaban J connectivity index is 5.10. The first-order valence-electron chi connectivity index (χ1n) is 2.35. The molecule has 1 unspecified atom stereocenters. The normalized spacial score (nSPS) is 17.1. The summed E-state index contributed by atoms with van der Waals surface area (Å²) in [7, 11) is -8.55. The SMILES string of the molecule is O=S(=O)(NS(=O)(O)=C(Cl)Cl)C(Cl)Cl. The van der Waals surface area contributed by atoms with E-state index in [9.17, 15) is 12.6 Å². The average Bonchev–Trinajstić information content (AvgIpc) is 1.83. The minimum absolute atomic E-state index is 1.04. The maximum atomic E-state index is 10.9. The van der Waals surface area contributed by atoms with Gasteiger partial charge < -0.3 is 0 Å². The molecule has 80 valence electrons. The van der Waals surface area contributed by atoms with Crippen LogP contribution in [-0.4, -0.2) is 25.1 Å². The molecule has 0 fully saturated rings. The Bertz CT molecular complexity index is 388. The van der Waals surface area contributed by atoms with E-state index >= 15 is 0 Å². The van der Waals surface area contributed by atoms with Gasteiger partial charge in [-0.2, -0.15) is 0 Å². The van der Waals surface area contributed by atoms with Crippen molar-refractivity contribution in [1.82, 2.24) is 4.13 Å². The van der Waals surface area contributed by atoms with Gasteiger partial charge in [0.1, 0.15) is 0 Å². The lowest BCUT2D eigenvalue weighted by molar-refractivity contribution is 0.550. The van der Waals surface area contributed by atoms with Crippen molar-refractivity contribution in [2.24, 2.45) is 0 Å². The quantitative estimate of drug-likeness (QED) is 0.461. The highest BCUT2D eigenvalue weighted by Crippen LogP contribution is 2.11. The summed E-state index contributed by atoms with van der Waals surface area (Å²) in [5, 5.41) is 0. The molecule has 11 heteroatoms. The lowest BCUT2D eigenvalue weighted by Gasteiger charge is -2.07. The van der Waals surface area contributed by atoms with E-state index in [2.05, 4.69) is 0 Å². The van der Waals surface area contributed by atoms with Gasteiger partial charge in [0.15, 0.2) is 13.8 Å². The molecule has 0 spiro atoms. The van der Waals surface area contributed by atoms with Crippen molar-refractivity contribution in [3.8, 4) is 0 Å². The van der Waals surface area contributed by atoms with Crippen molar-refractivity contribution < 1.29 is 17.2 Å². The molecule has 0 saturated carbocycles. The van der Waals surface area contributed by atoms with Gasteiger partial charge in [-0.25, -0.2) is 12.6 Å². The largest absolute Gasteiger partial charge is 0.300 e. The molecule has 0 aromatic carbocycles. The van der Waals surface area contributed by atoms with Gasteiger partial charge in [-0.1, -0.05) is 46.4 Å². The van der Waals surface area contributed by atoms with Gasteiger partial charge in [0.2, 0.25) is 4.17 Å². The van der Waals surface area contributed by atoms with Gasteiger partial charge in [0.25, 0.3) is 10.0 Å². The lowest BCUT2D eigenvalue weighted by atomic mass is 11.9. The molecule has 0 bridgehead atoms. The number of hydrogen-bond acceptors (Lipinski definition) is 3. The number of sulfonamides is 1. The highest BCUT2D eigenvalue weighted by Gasteiger charge is 2.25. The lowest BCUT2D eigenvalue weighted by Crippen LogP contribution is -2.35. The fourth-order valence-electron chi connectivity index (χ4n) is 0.225. The topological polar surface area (TPSA) is 83.5 Å². The minimum Gasteiger partial charge on any atom is -0.300 e. The Labute approximate surface area is 95.3 Å². The second-order valence-corrected chi connectivity index (χ2v) is 8.34. The van der Waals surface area contributed by atoms with E-state index in [1.54, 1.807) is 0 Å². The summed E-state index contributed by atoms with van der Waals surface area (Å²) in [5.41, 5.74) is 0. The molecule has 5 nitrogen and oxygen atoms in total. The minimum atomic E-state index is -4.34. The molecule has 0 heterocycles. The van der Waals surface area contributed by atoms with Crippen LogP contribution in [0.15, 0.2) is 0 Å². The summed E-state index contributed by atoms with van der Waals surface area (Å²) in [4.78, 5) is 0. The molecule has 0 amide bonds. The van der Waals surface area contributed by atoms with Gasteiger partial charge in [-0.3, -0.25) is 4.55 Å². The third-order valence-corrected chi connectivity index (χ3v) is 6.06. The Morgan fingerprint density at radius 2 is 1.62 bits per heavy atom. The number of hydrogen-bond donors (Lipinski definition) is 2. The zero-order chi connectivity index (χ0) is 10.9. The predicted molar refractivity (Wildman–Crippen MR) is 55.0 cm³/mol. The van der Waals surface area contributed by atoms with Crippen LogP contribution in [0.25, 0.3) is 0 Å². The molecule has 2 N–H and O–H groups in total. The van der Waals surface area contributed by atoms with Crippen molar-refractivity contribution in [2.75, 3.05) is 0 Å². The number of halogens is 4. The molecule has 0 saturated heterocycles. The van der Waals surface area contributed by atoms with E-state index in [1.807, 2.05) is 0 Å². The van der Waals surface area contributed by atoms with E-state index < -0.39 is 28.0 Å². The standard InChI is InChI=1S/C2H3Cl4NO4S2/c3-1(4)12(8,9)7-13(10,11)2(5)6/h1H,(H2,7,10,11). The van der Waals surface area contributed by atoms with Crippen LogP contribution in [0.3, 0.4) is 0 Å². The summed E-state index contributed by atoms with van der Waals surface area (Å²) in [6.07, 6.45) is 0. The van der Waals surface area contributed by atoms with E-state index in [1.165, 1.54) is 4.13 Å². The highest BCUT2D eigenvalue weighted by atomic mass is 35.5. The second kappa shape index (κ2) is 4.71. The van der Waals surface area contributed by atoms with E-state index in [4.69, 9.17) is 51.0 Å². The molecule has 1 atom stereocenters. The summed E-state index contributed by atoms with van der Waals surface area (Å²) >= 11 is 19.8. The third kappa shape index (κ3) is 4.39. The Morgan fingerprint density at radius 3 is 1.85 bits per heavy atom. The molecule has 0 aromatic rings. The van der Waals surface area contributed by atoms with Gasteiger partial charge in [0.05, 0.1) is 0 Å². The number of rotatable bonds is 3. The van der Waals surface area contributed by atoms with Gasteiger partial charge >= 0.3 is 0 Å². The molecular formula is C2H3Cl4NO4S2. The molecule has 0 rings (SSSR count). The molecule has 0 aliphatic carbocycles. The first-order valence-corrected chi connectivity index (χ1v) is 7.04. The van der Waals surface area contributed by atoms with Gasteiger partial charge in [0, 0.05) is 0 Å². The molecule has 0 aliphatic heterocycles. The highest BCUT2D eigenvalue weighted by molar-refractivity contribution is 8.11. The zero-order valence-corrected chi connectivity index (χ0v) is 10.2. The maximum Gasteiger partial charge on any atom is 0.255 e.